The van der Waals surface area contributed by atoms with Gasteiger partial charge in [-0.05, 0) is 31.7 Å². The molecule has 24 heavy (non-hydrogen) atoms. The maximum absolute atomic E-state index is 12.8. The molecule has 0 radical (unpaired) electrons. The first kappa shape index (κ1) is 14.9. The van der Waals surface area contributed by atoms with Crippen molar-refractivity contribution in [1.29, 1.82) is 0 Å². The van der Waals surface area contributed by atoms with Crippen molar-refractivity contribution in [3.8, 4) is 0 Å². The lowest BCUT2D eigenvalue weighted by molar-refractivity contribution is -0.144. The molecular formula is C14H14F3N7. The van der Waals surface area contributed by atoms with Crippen molar-refractivity contribution in [3.05, 3.63) is 35.0 Å². The van der Waals surface area contributed by atoms with Crippen LogP contribution < -0.4 is 5.32 Å². The monoisotopic (exact) mass is 337 g/mol. The van der Waals surface area contributed by atoms with Crippen molar-refractivity contribution in [2.24, 2.45) is 0 Å². The number of aromatic nitrogens is 6. The second-order valence-electron chi connectivity index (χ2n) is 5.89. The van der Waals surface area contributed by atoms with Gasteiger partial charge in [-0.1, -0.05) is 0 Å². The lowest BCUT2D eigenvalue weighted by Gasteiger charge is -2.24. The molecule has 3 aromatic heterocycles. The third kappa shape index (κ3) is 2.57. The Balaban J connectivity index is 1.67. The van der Waals surface area contributed by atoms with Crippen LogP contribution in [0.15, 0.2) is 12.3 Å². The number of nitrogens with one attached hydrogen (secondary N) is 2. The van der Waals surface area contributed by atoms with Crippen LogP contribution in [0.4, 0.5) is 19.0 Å². The van der Waals surface area contributed by atoms with Gasteiger partial charge in [-0.2, -0.15) is 27.8 Å². The number of rotatable bonds is 2. The Kier molecular flexibility index (Phi) is 3.22. The van der Waals surface area contributed by atoms with E-state index in [0.29, 0.717) is 11.5 Å². The third-order valence-corrected chi connectivity index (χ3v) is 4.06. The topological polar surface area (TPSA) is 83.8 Å². The van der Waals surface area contributed by atoms with E-state index in [-0.39, 0.29) is 11.8 Å². The van der Waals surface area contributed by atoms with Crippen molar-refractivity contribution in [1.82, 2.24) is 29.8 Å². The van der Waals surface area contributed by atoms with E-state index in [4.69, 9.17) is 0 Å². The Morgan fingerprint density at radius 1 is 1.33 bits per heavy atom. The largest absolute Gasteiger partial charge is 0.453 e. The fourth-order valence-electron chi connectivity index (χ4n) is 2.96. The number of nitrogens with zero attached hydrogens (tertiary/aromatic N) is 5. The molecule has 0 spiro atoms. The Bertz CT molecular complexity index is 896. The summed E-state index contributed by atoms with van der Waals surface area (Å²) in [5.41, 5.74) is 2.81. The molecular weight excluding hydrogens is 323 g/mol. The molecule has 0 amide bonds. The standard InChI is InChI=1S/C14H14F3N7/c1-7-4-11(20-9-2-3-10-8(5-9)6-18-22-10)24-13(19-7)21-12(23-24)14(15,16)17/h4,6,9,20H,2-3,5H2,1H3,(H,18,22). The third-order valence-electron chi connectivity index (χ3n) is 4.06. The van der Waals surface area contributed by atoms with E-state index < -0.39 is 12.0 Å². The summed E-state index contributed by atoms with van der Waals surface area (Å²) in [6, 6.07) is 1.76. The zero-order chi connectivity index (χ0) is 16.9. The fraction of sp³-hybridized carbons (Fsp3) is 0.429. The Morgan fingerprint density at radius 2 is 2.17 bits per heavy atom. The van der Waals surface area contributed by atoms with Gasteiger partial charge in [0.15, 0.2) is 0 Å². The van der Waals surface area contributed by atoms with Gasteiger partial charge >= 0.3 is 6.18 Å². The Labute approximate surface area is 134 Å². The number of hydrogen-bond donors (Lipinski definition) is 2. The highest BCUT2D eigenvalue weighted by Crippen LogP contribution is 2.28. The molecule has 7 nitrogen and oxygen atoms in total. The summed E-state index contributed by atoms with van der Waals surface area (Å²) < 4.78 is 39.7. The molecule has 1 aliphatic carbocycles. The summed E-state index contributed by atoms with van der Waals surface area (Å²) in [5, 5.41) is 13.8. The van der Waals surface area contributed by atoms with E-state index in [1.54, 1.807) is 19.2 Å². The van der Waals surface area contributed by atoms with Gasteiger partial charge < -0.3 is 5.32 Å². The highest BCUT2D eigenvalue weighted by Gasteiger charge is 2.37. The number of halogens is 3. The van der Waals surface area contributed by atoms with Gasteiger partial charge in [-0.15, -0.1) is 5.10 Å². The van der Waals surface area contributed by atoms with Crippen LogP contribution in [0.2, 0.25) is 0 Å². The van der Waals surface area contributed by atoms with Crippen LogP contribution in [-0.4, -0.2) is 35.8 Å². The molecule has 1 unspecified atom stereocenters. The average molecular weight is 337 g/mol. The molecule has 2 N–H and O–H groups in total. The van der Waals surface area contributed by atoms with Crippen LogP contribution in [-0.2, 0) is 19.0 Å². The number of H-pyrrole nitrogens is 1. The van der Waals surface area contributed by atoms with E-state index in [1.807, 2.05) is 0 Å². The van der Waals surface area contributed by atoms with Crippen LogP contribution in [0.3, 0.4) is 0 Å². The first-order valence-corrected chi connectivity index (χ1v) is 7.49. The molecule has 4 rings (SSSR count). The van der Waals surface area contributed by atoms with Crippen molar-refractivity contribution in [3.63, 3.8) is 0 Å². The van der Waals surface area contributed by atoms with E-state index in [9.17, 15) is 13.2 Å². The maximum atomic E-state index is 12.8. The first-order valence-electron chi connectivity index (χ1n) is 7.49. The van der Waals surface area contributed by atoms with Gasteiger partial charge in [-0.3, -0.25) is 5.10 Å². The molecule has 0 aliphatic heterocycles. The second kappa shape index (κ2) is 5.18. The molecule has 3 aromatic rings. The van der Waals surface area contributed by atoms with Gasteiger partial charge in [0, 0.05) is 23.5 Å². The molecule has 0 bridgehead atoms. The predicted octanol–water partition coefficient (Wildman–Crippen LogP) is 2.14. The lowest BCUT2D eigenvalue weighted by Crippen LogP contribution is -2.28. The van der Waals surface area contributed by atoms with E-state index in [1.165, 1.54) is 0 Å². The van der Waals surface area contributed by atoms with Crippen LogP contribution in [0, 0.1) is 6.92 Å². The smallest absolute Gasteiger partial charge is 0.367 e. The number of aryl methyl sites for hydroxylation is 2. The number of aromatic amines is 1. The summed E-state index contributed by atoms with van der Waals surface area (Å²) in [4.78, 5) is 7.51. The van der Waals surface area contributed by atoms with Gasteiger partial charge in [0.05, 0.1) is 6.20 Å². The van der Waals surface area contributed by atoms with Crippen molar-refractivity contribution in [2.75, 3.05) is 5.32 Å². The van der Waals surface area contributed by atoms with Crippen molar-refractivity contribution in [2.45, 2.75) is 38.4 Å². The first-order chi connectivity index (χ1) is 11.4. The Hall–Kier alpha value is -2.65. The summed E-state index contributed by atoms with van der Waals surface area (Å²) in [6.45, 7) is 1.71. The zero-order valence-electron chi connectivity index (χ0n) is 12.7. The van der Waals surface area contributed by atoms with E-state index >= 15 is 0 Å². The van der Waals surface area contributed by atoms with Crippen LogP contribution in [0.5, 0.6) is 0 Å². The quantitative estimate of drug-likeness (QED) is 0.748. The minimum absolute atomic E-state index is 0.0652. The summed E-state index contributed by atoms with van der Waals surface area (Å²) in [6.07, 6.45) is -0.386. The number of hydrogen-bond acceptors (Lipinski definition) is 5. The molecule has 3 heterocycles. The van der Waals surface area contributed by atoms with Gasteiger partial charge in [-0.25, -0.2) is 4.98 Å². The molecule has 0 saturated carbocycles. The lowest BCUT2D eigenvalue weighted by atomic mass is 9.93. The number of alkyl halides is 3. The molecule has 10 heteroatoms. The molecule has 0 fully saturated rings. The summed E-state index contributed by atoms with van der Waals surface area (Å²) >= 11 is 0. The van der Waals surface area contributed by atoms with Gasteiger partial charge in [0.1, 0.15) is 5.82 Å². The van der Waals surface area contributed by atoms with Crippen molar-refractivity contribution >= 4 is 11.6 Å². The van der Waals surface area contributed by atoms with E-state index in [0.717, 1.165) is 35.0 Å². The van der Waals surface area contributed by atoms with Gasteiger partial charge in [0.2, 0.25) is 0 Å². The van der Waals surface area contributed by atoms with Crippen LogP contribution in [0.25, 0.3) is 5.78 Å². The number of fused-ring (bicyclic) bond motifs is 2. The fourth-order valence-corrected chi connectivity index (χ4v) is 2.96. The molecule has 0 saturated heterocycles. The summed E-state index contributed by atoms with van der Waals surface area (Å²) in [7, 11) is 0. The highest BCUT2D eigenvalue weighted by atomic mass is 19.4. The molecule has 0 aromatic carbocycles. The van der Waals surface area contributed by atoms with Gasteiger partial charge in [0.25, 0.3) is 11.6 Å². The minimum atomic E-state index is -4.60. The summed E-state index contributed by atoms with van der Waals surface area (Å²) in [5.74, 6) is -0.800. The average Bonchev–Trinajstić information content (AvgIpc) is 3.12. The minimum Gasteiger partial charge on any atom is -0.367 e. The normalized spacial score (nSPS) is 17.9. The molecule has 126 valence electrons. The molecule has 1 aliphatic rings. The van der Waals surface area contributed by atoms with Crippen molar-refractivity contribution < 1.29 is 13.2 Å². The zero-order valence-corrected chi connectivity index (χ0v) is 12.7. The molecule has 1 atom stereocenters. The highest BCUT2D eigenvalue weighted by molar-refractivity contribution is 5.46. The maximum Gasteiger partial charge on any atom is 0.453 e. The van der Waals surface area contributed by atoms with Crippen LogP contribution in [0.1, 0.15) is 29.2 Å². The second-order valence-corrected chi connectivity index (χ2v) is 5.89. The number of anilines is 1. The predicted molar refractivity (Wildman–Crippen MR) is 78.5 cm³/mol. The van der Waals surface area contributed by atoms with E-state index in [2.05, 4.69) is 30.6 Å². The SMILES string of the molecule is Cc1cc(NC2CCc3[nH]ncc3C2)n2nc(C(F)(F)F)nc2n1. The van der Waals surface area contributed by atoms with Crippen LogP contribution >= 0.6 is 0 Å². The Morgan fingerprint density at radius 3 is 2.96 bits per heavy atom.